The minimum absolute atomic E-state index is 0.0690. The van der Waals surface area contributed by atoms with Crippen LogP contribution in [0.2, 0.25) is 0 Å². The lowest BCUT2D eigenvalue weighted by atomic mass is 9.78. The molecular formula is C23H33BF3NO5. The van der Waals surface area contributed by atoms with Crippen LogP contribution in [0.15, 0.2) is 18.2 Å². The molecule has 0 radical (unpaired) electrons. The summed E-state index contributed by atoms with van der Waals surface area (Å²) in [7, 11) is -0.840. The highest BCUT2D eigenvalue weighted by molar-refractivity contribution is 6.62. The first-order chi connectivity index (χ1) is 15.0. The number of carbonyl (C=O) groups excluding carboxylic acids is 1. The number of hydrogen-bond acceptors (Lipinski definition) is 5. The average Bonchev–Trinajstić information content (AvgIpc) is 3.39. The Kier molecular flexibility index (Phi) is 6.76. The van der Waals surface area contributed by atoms with E-state index in [-0.39, 0.29) is 17.9 Å². The van der Waals surface area contributed by atoms with Gasteiger partial charge in [-0.15, -0.1) is 13.2 Å². The van der Waals surface area contributed by atoms with Gasteiger partial charge in [0.25, 0.3) is 0 Å². The standard InChI is InChI=1S/C23H33BF3NO5/c1-20(2,3)31-19(29)28(13-15-8-9-15)14-16-10-11-17(12-18(16)30-23(25,26)27)24-32-21(4,5)22(6,7)33-24/h10-12,15H,8-9,13-14H2,1-7H3. The number of hydrogen-bond donors (Lipinski definition) is 0. The second-order valence-corrected chi connectivity index (χ2v) is 10.8. The largest absolute Gasteiger partial charge is 0.573 e. The number of alkyl halides is 3. The van der Waals surface area contributed by atoms with E-state index in [1.807, 2.05) is 27.7 Å². The maximum absolute atomic E-state index is 13.2. The number of ether oxygens (including phenoxy) is 2. The summed E-state index contributed by atoms with van der Waals surface area (Å²) >= 11 is 0. The SMILES string of the molecule is CC(C)(C)OC(=O)N(Cc1ccc(B2OC(C)(C)C(C)(C)O2)cc1OC(F)(F)F)CC1CC1. The van der Waals surface area contributed by atoms with Crippen molar-refractivity contribution in [3.8, 4) is 5.75 Å². The Morgan fingerprint density at radius 1 is 1.12 bits per heavy atom. The molecule has 0 atom stereocenters. The van der Waals surface area contributed by atoms with Crippen LogP contribution in [-0.2, 0) is 20.6 Å². The highest BCUT2D eigenvalue weighted by Gasteiger charge is 2.52. The molecule has 3 rings (SSSR count). The van der Waals surface area contributed by atoms with Gasteiger partial charge in [0, 0.05) is 12.1 Å². The fourth-order valence-corrected chi connectivity index (χ4v) is 3.40. The second kappa shape index (κ2) is 8.69. The van der Waals surface area contributed by atoms with Gasteiger partial charge in [0.15, 0.2) is 0 Å². The number of nitrogens with zero attached hydrogens (tertiary/aromatic N) is 1. The van der Waals surface area contributed by atoms with Crippen LogP contribution in [0, 0.1) is 5.92 Å². The molecule has 0 unspecified atom stereocenters. The molecule has 2 aliphatic rings. The van der Waals surface area contributed by atoms with Gasteiger partial charge in [-0.1, -0.05) is 12.1 Å². The van der Waals surface area contributed by atoms with Gasteiger partial charge < -0.3 is 23.7 Å². The van der Waals surface area contributed by atoms with Gasteiger partial charge in [-0.3, -0.25) is 0 Å². The van der Waals surface area contributed by atoms with Gasteiger partial charge in [-0.2, -0.15) is 0 Å². The molecule has 10 heteroatoms. The predicted molar refractivity (Wildman–Crippen MR) is 118 cm³/mol. The first-order valence-electron chi connectivity index (χ1n) is 11.2. The Bertz CT molecular complexity index is 862. The van der Waals surface area contributed by atoms with Crippen LogP contribution in [0.25, 0.3) is 0 Å². The summed E-state index contributed by atoms with van der Waals surface area (Å²) in [6, 6.07) is 4.44. The normalized spacial score (nSPS) is 20.0. The summed E-state index contributed by atoms with van der Waals surface area (Å²) in [5.41, 5.74) is -1.37. The molecule has 6 nitrogen and oxygen atoms in total. The van der Waals surface area contributed by atoms with Gasteiger partial charge in [0.05, 0.1) is 17.7 Å². The number of benzene rings is 1. The van der Waals surface area contributed by atoms with E-state index in [0.717, 1.165) is 12.8 Å². The first kappa shape index (κ1) is 25.7. The summed E-state index contributed by atoms with van der Waals surface area (Å²) in [6.45, 7) is 13.1. The molecule has 0 spiro atoms. The highest BCUT2D eigenvalue weighted by Crippen LogP contribution is 2.37. The fourth-order valence-electron chi connectivity index (χ4n) is 3.40. The van der Waals surface area contributed by atoms with E-state index < -0.39 is 36.4 Å². The fraction of sp³-hybridized carbons (Fsp3) is 0.696. The van der Waals surface area contributed by atoms with E-state index in [1.54, 1.807) is 26.8 Å². The third kappa shape index (κ3) is 6.79. The Labute approximate surface area is 193 Å². The van der Waals surface area contributed by atoms with Gasteiger partial charge in [0.1, 0.15) is 11.4 Å². The van der Waals surface area contributed by atoms with Gasteiger partial charge in [-0.05, 0) is 78.8 Å². The molecule has 0 aromatic heterocycles. The molecule has 1 aliphatic heterocycles. The summed E-state index contributed by atoms with van der Waals surface area (Å²) in [4.78, 5) is 14.2. The minimum Gasteiger partial charge on any atom is -0.444 e. The van der Waals surface area contributed by atoms with E-state index in [4.69, 9.17) is 14.0 Å². The molecule has 1 saturated heterocycles. The number of rotatable bonds is 6. The molecule has 1 heterocycles. The Morgan fingerprint density at radius 3 is 2.18 bits per heavy atom. The van der Waals surface area contributed by atoms with Crippen LogP contribution in [-0.4, -0.2) is 47.8 Å². The lowest BCUT2D eigenvalue weighted by Gasteiger charge is -2.32. The van der Waals surface area contributed by atoms with E-state index in [2.05, 4.69) is 4.74 Å². The lowest BCUT2D eigenvalue weighted by Crippen LogP contribution is -2.41. The smallest absolute Gasteiger partial charge is 0.444 e. The molecule has 2 fully saturated rings. The van der Waals surface area contributed by atoms with Crippen molar-refractivity contribution in [1.29, 1.82) is 0 Å². The van der Waals surface area contributed by atoms with Crippen LogP contribution >= 0.6 is 0 Å². The summed E-state index contributed by atoms with van der Waals surface area (Å²) in [5, 5.41) is 0. The average molecular weight is 471 g/mol. The van der Waals surface area contributed by atoms with E-state index in [0.29, 0.717) is 17.9 Å². The maximum atomic E-state index is 13.2. The van der Waals surface area contributed by atoms with Crippen LogP contribution in [0.4, 0.5) is 18.0 Å². The minimum atomic E-state index is -4.89. The second-order valence-electron chi connectivity index (χ2n) is 10.8. The van der Waals surface area contributed by atoms with Crippen molar-refractivity contribution in [1.82, 2.24) is 4.90 Å². The first-order valence-corrected chi connectivity index (χ1v) is 11.2. The molecule has 1 saturated carbocycles. The monoisotopic (exact) mass is 471 g/mol. The molecule has 1 amide bonds. The topological polar surface area (TPSA) is 57.2 Å². The Balaban J connectivity index is 1.89. The van der Waals surface area contributed by atoms with Crippen molar-refractivity contribution in [2.45, 2.75) is 91.0 Å². The quantitative estimate of drug-likeness (QED) is 0.545. The zero-order valence-electron chi connectivity index (χ0n) is 20.3. The van der Waals surface area contributed by atoms with Crippen molar-refractivity contribution in [2.75, 3.05) is 6.54 Å². The maximum Gasteiger partial charge on any atom is 0.573 e. The van der Waals surface area contributed by atoms with Crippen molar-refractivity contribution in [2.24, 2.45) is 5.92 Å². The molecule has 184 valence electrons. The number of halogens is 3. The molecule has 1 aromatic carbocycles. The highest BCUT2D eigenvalue weighted by atomic mass is 19.4. The van der Waals surface area contributed by atoms with Crippen LogP contribution in [0.3, 0.4) is 0 Å². The summed E-state index contributed by atoms with van der Waals surface area (Å²) in [6.07, 6.45) is -3.50. The lowest BCUT2D eigenvalue weighted by molar-refractivity contribution is -0.274. The van der Waals surface area contributed by atoms with E-state index >= 15 is 0 Å². The van der Waals surface area contributed by atoms with Crippen molar-refractivity contribution < 1.29 is 36.7 Å². The number of amides is 1. The molecule has 1 aromatic rings. The van der Waals surface area contributed by atoms with Crippen LogP contribution in [0.5, 0.6) is 5.75 Å². The zero-order valence-corrected chi connectivity index (χ0v) is 20.3. The van der Waals surface area contributed by atoms with Gasteiger partial charge in [-0.25, -0.2) is 4.79 Å². The van der Waals surface area contributed by atoms with Crippen molar-refractivity contribution >= 4 is 18.7 Å². The third-order valence-electron chi connectivity index (χ3n) is 6.03. The summed E-state index contributed by atoms with van der Waals surface area (Å²) in [5.74, 6) is -0.0624. The molecule has 33 heavy (non-hydrogen) atoms. The molecular weight excluding hydrogens is 438 g/mol. The summed E-state index contributed by atoms with van der Waals surface area (Å²) < 4.78 is 61.4. The Hall–Kier alpha value is -1.94. The van der Waals surface area contributed by atoms with Gasteiger partial charge in [0.2, 0.25) is 0 Å². The zero-order chi connectivity index (χ0) is 24.8. The Morgan fingerprint density at radius 2 is 1.70 bits per heavy atom. The third-order valence-corrected chi connectivity index (χ3v) is 6.03. The van der Waals surface area contributed by atoms with Gasteiger partial charge >= 0.3 is 19.6 Å². The van der Waals surface area contributed by atoms with Crippen molar-refractivity contribution in [3.05, 3.63) is 23.8 Å². The predicted octanol–water partition coefficient (Wildman–Crippen LogP) is 5.03. The molecule has 1 aliphatic carbocycles. The number of carbonyl (C=O) groups is 1. The van der Waals surface area contributed by atoms with Crippen molar-refractivity contribution in [3.63, 3.8) is 0 Å². The van der Waals surface area contributed by atoms with E-state index in [9.17, 15) is 18.0 Å². The van der Waals surface area contributed by atoms with Crippen LogP contribution in [0.1, 0.15) is 66.9 Å². The molecule has 0 N–H and O–H groups in total. The van der Waals surface area contributed by atoms with E-state index in [1.165, 1.54) is 17.0 Å². The molecule has 0 bridgehead atoms. The van der Waals surface area contributed by atoms with Crippen LogP contribution < -0.4 is 10.2 Å².